The third kappa shape index (κ3) is 25.2. The second kappa shape index (κ2) is 31.6. The number of halogens is 15. The molecule has 0 spiro atoms. The Kier molecular flexibility index (Phi) is 31.4. The number of hydrogen-bond acceptors (Lipinski definition) is 14. The molecule has 0 aromatic rings. The van der Waals surface area contributed by atoms with Gasteiger partial charge in [0.1, 0.15) is 13.2 Å². The predicted molar refractivity (Wildman–Crippen MR) is 256 cm³/mol. The molecule has 14 nitrogen and oxygen atoms in total. The molecule has 1 aliphatic carbocycles. The summed E-state index contributed by atoms with van der Waals surface area (Å²) in [5, 5.41) is 0. The Morgan fingerprint density at radius 3 is 1.20 bits per heavy atom. The summed E-state index contributed by atoms with van der Waals surface area (Å²) in [6.45, 7) is 20.8. The quantitative estimate of drug-likeness (QED) is 0.0407. The molecule has 1 rings (SSSR count). The van der Waals surface area contributed by atoms with Crippen molar-refractivity contribution in [1.29, 1.82) is 0 Å². The molecule has 1 saturated carbocycles. The summed E-state index contributed by atoms with van der Waals surface area (Å²) >= 11 is 0. The SMILES string of the molecule is CCC(C)(C)C(=O)OC(CC(C)C)C(F)(F)C(F)(F)C(F)(F)F.CCC(C)(C)C(=O)OC1(C(=O)OCC(F)(F)F)CCCCC1.CCC(C)(C)C(=O)OCCOC(=O)C(F)(F)F.CCC(OC(=O)C(C)(C)CC)C(F)(F)C(=O)OC. The van der Waals surface area contributed by atoms with Crippen LogP contribution in [0.25, 0.3) is 0 Å². The molecule has 0 radical (unpaired) electrons. The molecule has 0 amide bonds. The molecular weight excluding hydrogens is 1120 g/mol. The van der Waals surface area contributed by atoms with Gasteiger partial charge >= 0.3 is 78.1 Å². The second-order valence-corrected chi connectivity index (χ2v) is 21.5. The van der Waals surface area contributed by atoms with Crippen LogP contribution in [0.4, 0.5) is 65.9 Å². The van der Waals surface area contributed by atoms with E-state index in [0.29, 0.717) is 32.1 Å². The molecule has 2 unspecified atom stereocenters. The van der Waals surface area contributed by atoms with Crippen molar-refractivity contribution in [2.75, 3.05) is 26.9 Å². The highest BCUT2D eigenvalue weighted by molar-refractivity contribution is 5.85. The van der Waals surface area contributed by atoms with Crippen LogP contribution in [0.5, 0.6) is 0 Å². The van der Waals surface area contributed by atoms with Crippen molar-refractivity contribution < 1.29 is 133 Å². The molecule has 1 aliphatic rings. The normalized spacial score (nSPS) is 15.3. The lowest BCUT2D eigenvalue weighted by Crippen LogP contribution is -2.59. The van der Waals surface area contributed by atoms with E-state index in [4.69, 9.17) is 9.47 Å². The molecule has 2 atom stereocenters. The van der Waals surface area contributed by atoms with Gasteiger partial charge in [-0.25, -0.2) is 14.4 Å². The van der Waals surface area contributed by atoms with Crippen LogP contribution in [0.2, 0.25) is 0 Å². The van der Waals surface area contributed by atoms with E-state index in [2.05, 4.69) is 23.7 Å². The van der Waals surface area contributed by atoms with Gasteiger partial charge in [0.05, 0.1) is 28.8 Å². The van der Waals surface area contributed by atoms with Crippen molar-refractivity contribution in [2.24, 2.45) is 27.6 Å². The summed E-state index contributed by atoms with van der Waals surface area (Å²) in [6.07, 6.45) is -17.7. The van der Waals surface area contributed by atoms with Crippen LogP contribution < -0.4 is 0 Å². The molecule has 0 saturated heterocycles. The first kappa shape index (κ1) is 79.5. The third-order valence-electron chi connectivity index (χ3n) is 12.8. The molecule has 29 heteroatoms. The fraction of sp³-hybridized carbons (Fsp3) is 0.863. The van der Waals surface area contributed by atoms with Crippen LogP contribution in [0.15, 0.2) is 0 Å². The van der Waals surface area contributed by atoms with Crippen molar-refractivity contribution in [2.45, 2.75) is 229 Å². The molecule has 0 aromatic heterocycles. The number of carbonyl (C=O) groups excluding carboxylic acids is 7. The highest BCUT2D eigenvalue weighted by atomic mass is 19.4. The molecule has 0 aliphatic heterocycles. The molecule has 0 aromatic carbocycles. The van der Waals surface area contributed by atoms with E-state index in [1.807, 2.05) is 0 Å². The van der Waals surface area contributed by atoms with Gasteiger partial charge < -0.3 is 33.2 Å². The van der Waals surface area contributed by atoms with Gasteiger partial charge in [0.2, 0.25) is 5.60 Å². The Balaban J connectivity index is -0.000000996. The lowest BCUT2D eigenvalue weighted by molar-refractivity contribution is -0.372. The fourth-order valence-corrected chi connectivity index (χ4v) is 5.54. The first-order valence-corrected chi connectivity index (χ1v) is 25.4. The Morgan fingerprint density at radius 1 is 0.487 bits per heavy atom. The fourth-order valence-electron chi connectivity index (χ4n) is 5.54. The van der Waals surface area contributed by atoms with E-state index in [1.54, 1.807) is 62.3 Å². The number of esters is 7. The van der Waals surface area contributed by atoms with Crippen molar-refractivity contribution in [3.05, 3.63) is 0 Å². The molecule has 80 heavy (non-hydrogen) atoms. The minimum Gasteiger partial charge on any atom is -0.464 e. The molecular formula is C51H79F15O14. The first-order chi connectivity index (χ1) is 35.8. The van der Waals surface area contributed by atoms with Gasteiger partial charge in [0.15, 0.2) is 18.8 Å². The minimum atomic E-state index is -6.46. The zero-order chi connectivity index (χ0) is 64.1. The highest BCUT2D eigenvalue weighted by Gasteiger charge is 2.76. The Labute approximate surface area is 456 Å². The summed E-state index contributed by atoms with van der Waals surface area (Å²) in [4.78, 5) is 80.5. The van der Waals surface area contributed by atoms with Crippen LogP contribution in [0, 0.1) is 27.6 Å². The molecule has 0 bridgehead atoms. The smallest absolute Gasteiger partial charge is 0.464 e. The van der Waals surface area contributed by atoms with E-state index in [1.165, 1.54) is 41.5 Å². The Bertz CT molecular complexity index is 1970. The zero-order valence-corrected chi connectivity index (χ0v) is 48.0. The van der Waals surface area contributed by atoms with Crippen molar-refractivity contribution in [3.63, 3.8) is 0 Å². The van der Waals surface area contributed by atoms with Crippen LogP contribution >= 0.6 is 0 Å². The predicted octanol–water partition coefficient (Wildman–Crippen LogP) is 13.6. The van der Waals surface area contributed by atoms with Crippen molar-refractivity contribution in [1.82, 2.24) is 0 Å². The molecule has 0 heterocycles. The number of carbonyl (C=O) groups is 7. The summed E-state index contributed by atoms with van der Waals surface area (Å²) in [7, 11) is 0.862. The summed E-state index contributed by atoms with van der Waals surface area (Å²) in [6, 6.07) is 0. The van der Waals surface area contributed by atoms with Crippen LogP contribution in [0.3, 0.4) is 0 Å². The van der Waals surface area contributed by atoms with Gasteiger partial charge in [-0.2, -0.15) is 65.9 Å². The summed E-state index contributed by atoms with van der Waals surface area (Å²) < 4.78 is 221. The van der Waals surface area contributed by atoms with E-state index in [-0.39, 0.29) is 32.3 Å². The average molecular weight is 1200 g/mol. The number of rotatable bonds is 23. The van der Waals surface area contributed by atoms with Gasteiger partial charge in [0.25, 0.3) is 0 Å². The monoisotopic (exact) mass is 1200 g/mol. The third-order valence-corrected chi connectivity index (χ3v) is 12.8. The van der Waals surface area contributed by atoms with Gasteiger partial charge in [-0.05, 0) is 126 Å². The zero-order valence-electron chi connectivity index (χ0n) is 48.0. The number of alkyl halides is 15. The van der Waals surface area contributed by atoms with Gasteiger partial charge in [-0.15, -0.1) is 0 Å². The van der Waals surface area contributed by atoms with Crippen LogP contribution in [-0.2, 0) is 66.7 Å². The topological polar surface area (TPSA) is 184 Å². The standard InChI is InChI=1S/C15H23F3O4.C14H21F7O2.C12H20F2O4.C10H15F3O4/c1-4-13(2,3)11(19)22-14(8-6-5-7-9-14)12(20)21-10-15(16,17)18;1-6-11(4,5)10(22)23-9(7-8(2)3)12(15,16)13(17,18)14(19,20)21;1-6-8(12(13,14)10(16)17-5)18-9(15)11(3,4)7-2;1-4-9(2,3)7(14)16-5-6-17-8(15)10(11,12)13/h4-10H2,1-3H3;8-9H,6-7H2,1-5H3;8H,6-7H2,1-5H3;4-6H2,1-3H3. The van der Waals surface area contributed by atoms with E-state index in [0.717, 1.165) is 13.5 Å². The Hall–Kier alpha value is -4.76. The number of hydrogen-bond donors (Lipinski definition) is 0. The maximum absolute atomic E-state index is 13.8. The number of methoxy groups -OCH3 is 1. The van der Waals surface area contributed by atoms with Gasteiger partial charge in [-0.1, -0.05) is 54.9 Å². The lowest BCUT2D eigenvalue weighted by atomic mass is 9.83. The van der Waals surface area contributed by atoms with Gasteiger partial charge in [0, 0.05) is 0 Å². The minimum absolute atomic E-state index is 0.140. The van der Waals surface area contributed by atoms with E-state index < -0.39 is 143 Å². The van der Waals surface area contributed by atoms with Crippen molar-refractivity contribution in [3.8, 4) is 0 Å². The maximum atomic E-state index is 13.8. The largest absolute Gasteiger partial charge is 0.490 e. The number of ether oxygens (including phenoxy) is 7. The van der Waals surface area contributed by atoms with Crippen LogP contribution in [0.1, 0.15) is 174 Å². The van der Waals surface area contributed by atoms with E-state index >= 15 is 0 Å². The summed E-state index contributed by atoms with van der Waals surface area (Å²) in [5.41, 5.74) is -5.21. The second-order valence-electron chi connectivity index (χ2n) is 21.5. The van der Waals surface area contributed by atoms with E-state index in [9.17, 15) is 99.4 Å². The van der Waals surface area contributed by atoms with Crippen LogP contribution in [-0.4, -0.2) is 123 Å². The first-order valence-electron chi connectivity index (χ1n) is 25.4. The Morgan fingerprint density at radius 2 is 0.863 bits per heavy atom. The van der Waals surface area contributed by atoms with Gasteiger partial charge in [-0.3, -0.25) is 19.2 Å². The lowest BCUT2D eigenvalue weighted by Gasteiger charge is -2.36. The van der Waals surface area contributed by atoms with Crippen molar-refractivity contribution >= 4 is 41.8 Å². The molecule has 0 N–H and O–H groups in total. The molecule has 472 valence electrons. The molecule has 1 fully saturated rings. The maximum Gasteiger partial charge on any atom is 0.490 e. The highest BCUT2D eigenvalue weighted by Crippen LogP contribution is 2.50. The average Bonchev–Trinajstić information content (AvgIpc) is 3.34. The summed E-state index contributed by atoms with van der Waals surface area (Å²) in [5.74, 6) is -24.6.